The zero-order valence-corrected chi connectivity index (χ0v) is 19.0. The molecule has 0 spiro atoms. The quantitative estimate of drug-likeness (QED) is 0.406. The molecule has 0 saturated carbocycles. The summed E-state index contributed by atoms with van der Waals surface area (Å²) in [6.07, 6.45) is 1.62. The molecule has 1 aromatic carbocycles. The number of nitrogens with two attached hydrogens (primary N) is 1. The summed E-state index contributed by atoms with van der Waals surface area (Å²) in [5.74, 6) is 0.00573. The monoisotopic (exact) mass is 470 g/mol. The third-order valence-electron chi connectivity index (χ3n) is 5.48. The summed E-state index contributed by atoms with van der Waals surface area (Å²) < 4.78 is 30.1. The van der Waals surface area contributed by atoms with E-state index in [0.29, 0.717) is 47.6 Å². The topological polar surface area (TPSA) is 137 Å². The number of hydrogen-bond acceptors (Lipinski definition) is 8. The fraction of sp³-hybridized carbons (Fsp3) is 0.391. The molecule has 1 amide bonds. The van der Waals surface area contributed by atoms with Crippen LogP contribution in [0, 0.1) is 11.2 Å². The fourth-order valence-corrected chi connectivity index (χ4v) is 3.41. The summed E-state index contributed by atoms with van der Waals surface area (Å²) in [6.45, 7) is 3.15. The van der Waals surface area contributed by atoms with Crippen molar-refractivity contribution in [1.29, 1.82) is 0 Å². The lowest BCUT2D eigenvalue weighted by Gasteiger charge is -2.34. The summed E-state index contributed by atoms with van der Waals surface area (Å²) in [7, 11) is 1.65. The van der Waals surface area contributed by atoms with Gasteiger partial charge in [-0.1, -0.05) is 0 Å². The van der Waals surface area contributed by atoms with Crippen LogP contribution in [-0.2, 0) is 19.0 Å². The van der Waals surface area contributed by atoms with Gasteiger partial charge in [0.05, 0.1) is 35.7 Å². The van der Waals surface area contributed by atoms with Crippen LogP contribution in [0.5, 0.6) is 0 Å². The van der Waals surface area contributed by atoms with E-state index in [1.807, 2.05) is 0 Å². The lowest BCUT2D eigenvalue weighted by Crippen LogP contribution is -2.46. The van der Waals surface area contributed by atoms with Crippen LogP contribution < -0.4 is 11.1 Å². The van der Waals surface area contributed by atoms with Crippen LogP contribution in [0.2, 0.25) is 0 Å². The molecule has 0 atom stereocenters. The predicted molar refractivity (Wildman–Crippen MR) is 122 cm³/mol. The van der Waals surface area contributed by atoms with E-state index in [4.69, 9.17) is 19.9 Å². The first-order valence-electron chi connectivity index (χ1n) is 10.8. The standard InChI is InChI=1S/C23H27FN6O4/c1-23(21(25)31)12-33-20(34-13-23)19-29-17(14-4-6-15(24)7-5-14)18(30-19)16-8-10-27-22(28-16)26-9-3-11-32-2/h4-8,10,20H,3,9,11-13H2,1-2H3,(H2,25,31)(H,29,30)(H,26,27,28). The number of aromatic nitrogens is 4. The number of benzene rings is 1. The second-order valence-corrected chi connectivity index (χ2v) is 8.27. The molecule has 1 aliphatic heterocycles. The number of aromatic amines is 1. The highest BCUT2D eigenvalue weighted by Gasteiger charge is 2.39. The van der Waals surface area contributed by atoms with Crippen molar-refractivity contribution in [3.8, 4) is 22.6 Å². The number of anilines is 1. The molecule has 34 heavy (non-hydrogen) atoms. The summed E-state index contributed by atoms with van der Waals surface area (Å²) in [4.78, 5) is 28.5. The Labute approximate surface area is 196 Å². The van der Waals surface area contributed by atoms with Gasteiger partial charge >= 0.3 is 0 Å². The van der Waals surface area contributed by atoms with E-state index in [0.717, 1.165) is 6.42 Å². The first-order chi connectivity index (χ1) is 16.4. The minimum Gasteiger partial charge on any atom is -0.385 e. The van der Waals surface area contributed by atoms with Crippen LogP contribution in [0.4, 0.5) is 10.3 Å². The number of amides is 1. The van der Waals surface area contributed by atoms with Crippen molar-refractivity contribution < 1.29 is 23.4 Å². The maximum absolute atomic E-state index is 13.5. The van der Waals surface area contributed by atoms with Gasteiger partial charge in [0.2, 0.25) is 18.1 Å². The first-order valence-corrected chi connectivity index (χ1v) is 10.8. The van der Waals surface area contributed by atoms with Crippen LogP contribution in [0.25, 0.3) is 22.6 Å². The van der Waals surface area contributed by atoms with E-state index >= 15 is 0 Å². The molecule has 180 valence electrons. The number of primary amides is 1. The maximum atomic E-state index is 13.5. The summed E-state index contributed by atoms with van der Waals surface area (Å²) >= 11 is 0. The van der Waals surface area contributed by atoms with Crippen molar-refractivity contribution in [1.82, 2.24) is 19.9 Å². The van der Waals surface area contributed by atoms with E-state index in [9.17, 15) is 9.18 Å². The summed E-state index contributed by atoms with van der Waals surface area (Å²) in [6, 6.07) is 7.74. The zero-order valence-electron chi connectivity index (χ0n) is 19.0. The van der Waals surface area contributed by atoms with Crippen molar-refractivity contribution in [2.75, 3.05) is 38.8 Å². The van der Waals surface area contributed by atoms with Gasteiger partial charge in [0.15, 0.2) is 5.82 Å². The van der Waals surface area contributed by atoms with E-state index in [1.54, 1.807) is 38.4 Å². The van der Waals surface area contributed by atoms with Gasteiger partial charge in [-0.05, 0) is 43.7 Å². The highest BCUT2D eigenvalue weighted by atomic mass is 19.1. The van der Waals surface area contributed by atoms with Crippen molar-refractivity contribution in [2.24, 2.45) is 11.1 Å². The average Bonchev–Trinajstić information content (AvgIpc) is 3.28. The number of nitrogens with one attached hydrogen (secondary N) is 2. The number of carbonyl (C=O) groups is 1. The van der Waals surface area contributed by atoms with Crippen LogP contribution in [-0.4, -0.2) is 59.3 Å². The second kappa shape index (κ2) is 10.2. The molecule has 0 unspecified atom stereocenters. The Bertz CT molecular complexity index is 1130. The van der Waals surface area contributed by atoms with Crippen LogP contribution in [0.3, 0.4) is 0 Å². The van der Waals surface area contributed by atoms with E-state index in [1.165, 1.54) is 12.1 Å². The van der Waals surface area contributed by atoms with Crippen molar-refractivity contribution >= 4 is 11.9 Å². The largest absolute Gasteiger partial charge is 0.385 e. The van der Waals surface area contributed by atoms with Gasteiger partial charge in [0, 0.05) is 32.0 Å². The minimum absolute atomic E-state index is 0.0952. The molecule has 0 bridgehead atoms. The summed E-state index contributed by atoms with van der Waals surface area (Å²) in [5.41, 5.74) is 6.96. The van der Waals surface area contributed by atoms with E-state index in [-0.39, 0.29) is 19.0 Å². The Morgan fingerprint density at radius 1 is 1.26 bits per heavy atom. The number of carbonyl (C=O) groups excluding carboxylic acids is 1. The fourth-order valence-electron chi connectivity index (χ4n) is 3.41. The molecule has 11 heteroatoms. The molecule has 1 fully saturated rings. The molecule has 1 saturated heterocycles. The smallest absolute Gasteiger partial charge is 0.228 e. The second-order valence-electron chi connectivity index (χ2n) is 8.27. The van der Waals surface area contributed by atoms with Gasteiger partial charge in [0.1, 0.15) is 5.82 Å². The molecule has 1 aliphatic rings. The highest BCUT2D eigenvalue weighted by molar-refractivity contribution is 5.81. The number of nitrogens with zero attached hydrogens (tertiary/aromatic N) is 3. The van der Waals surface area contributed by atoms with E-state index in [2.05, 4.69) is 25.3 Å². The van der Waals surface area contributed by atoms with Crippen molar-refractivity contribution in [2.45, 2.75) is 19.6 Å². The molecular weight excluding hydrogens is 443 g/mol. The third-order valence-corrected chi connectivity index (χ3v) is 5.48. The van der Waals surface area contributed by atoms with Crippen LogP contribution in [0.1, 0.15) is 25.5 Å². The van der Waals surface area contributed by atoms with Crippen LogP contribution >= 0.6 is 0 Å². The molecule has 2 aromatic heterocycles. The number of ether oxygens (including phenoxy) is 3. The van der Waals surface area contributed by atoms with Gasteiger partial charge in [-0.15, -0.1) is 0 Å². The van der Waals surface area contributed by atoms with Gasteiger partial charge in [-0.2, -0.15) is 0 Å². The Hall–Kier alpha value is -3.41. The molecule has 0 radical (unpaired) electrons. The molecular formula is C23H27FN6O4. The number of H-pyrrole nitrogens is 1. The predicted octanol–water partition coefficient (Wildman–Crippen LogP) is 2.66. The molecule has 0 aliphatic carbocycles. The zero-order chi connectivity index (χ0) is 24.1. The Morgan fingerprint density at radius 2 is 2.00 bits per heavy atom. The number of rotatable bonds is 9. The molecule has 4 N–H and O–H groups in total. The Morgan fingerprint density at radius 3 is 2.68 bits per heavy atom. The van der Waals surface area contributed by atoms with E-state index < -0.39 is 17.6 Å². The molecule has 10 nitrogen and oxygen atoms in total. The Kier molecular flexibility index (Phi) is 7.15. The lowest BCUT2D eigenvalue weighted by molar-refractivity contribution is -0.230. The minimum atomic E-state index is -0.915. The first kappa shape index (κ1) is 23.7. The molecule has 3 aromatic rings. The number of hydrogen-bond donors (Lipinski definition) is 3. The summed E-state index contributed by atoms with van der Waals surface area (Å²) in [5, 5.41) is 3.17. The molecule has 3 heterocycles. The van der Waals surface area contributed by atoms with Gasteiger partial charge < -0.3 is 30.2 Å². The normalized spacial score (nSPS) is 20.3. The van der Waals surface area contributed by atoms with Crippen LogP contribution in [0.15, 0.2) is 36.5 Å². The maximum Gasteiger partial charge on any atom is 0.228 e. The van der Waals surface area contributed by atoms with Gasteiger partial charge in [-0.25, -0.2) is 19.3 Å². The SMILES string of the molecule is COCCCNc1nccc(-c2[nH]c(C3OCC(C)(C(N)=O)CO3)nc2-c2ccc(F)cc2)n1. The third kappa shape index (κ3) is 5.22. The van der Waals surface area contributed by atoms with Gasteiger partial charge in [0.25, 0.3) is 0 Å². The Balaban J connectivity index is 1.64. The average molecular weight is 471 g/mol. The van der Waals surface area contributed by atoms with Crippen molar-refractivity contribution in [3.05, 3.63) is 48.2 Å². The highest BCUT2D eigenvalue weighted by Crippen LogP contribution is 2.35. The number of methoxy groups -OCH3 is 1. The van der Waals surface area contributed by atoms with Gasteiger partial charge in [-0.3, -0.25) is 4.79 Å². The number of imidazole rings is 1. The lowest BCUT2D eigenvalue weighted by atomic mass is 9.91. The molecule has 4 rings (SSSR count). The van der Waals surface area contributed by atoms with Crippen molar-refractivity contribution in [3.63, 3.8) is 0 Å². The number of halogens is 1.